The Bertz CT molecular complexity index is 1340. The minimum atomic E-state index is -3.99. The topological polar surface area (TPSA) is 66.5 Å². The molecule has 2 heterocycles. The number of aryl methyl sites for hydroxylation is 2. The molecule has 0 amide bonds. The van der Waals surface area contributed by atoms with E-state index in [4.69, 9.17) is 0 Å². The van der Waals surface area contributed by atoms with Gasteiger partial charge >= 0.3 is 0 Å². The van der Waals surface area contributed by atoms with Crippen molar-refractivity contribution in [2.45, 2.75) is 44.0 Å². The third kappa shape index (κ3) is 3.36. The van der Waals surface area contributed by atoms with Crippen LogP contribution in [0.15, 0.2) is 76.1 Å². The van der Waals surface area contributed by atoms with E-state index in [9.17, 15) is 13.2 Å². The quantitative estimate of drug-likeness (QED) is 0.537. The van der Waals surface area contributed by atoms with Gasteiger partial charge in [-0.2, -0.15) is 0 Å². The summed E-state index contributed by atoms with van der Waals surface area (Å²) in [5.74, 6) is 0.00567. The molecule has 0 fully saturated rings. The van der Waals surface area contributed by atoms with Crippen LogP contribution in [0.2, 0.25) is 0 Å². The van der Waals surface area contributed by atoms with Gasteiger partial charge in [0.15, 0.2) is 5.78 Å². The lowest BCUT2D eigenvalue weighted by Gasteiger charge is -2.34. The first-order valence-electron chi connectivity index (χ1n) is 10.7. The minimum Gasteiger partial charge on any atom is -0.357 e. The number of rotatable bonds is 3. The van der Waals surface area contributed by atoms with Crippen LogP contribution in [0.25, 0.3) is 0 Å². The predicted molar refractivity (Wildman–Crippen MR) is 129 cm³/mol. The van der Waals surface area contributed by atoms with E-state index in [2.05, 4.69) is 5.32 Å². The lowest BCUT2D eigenvalue weighted by molar-refractivity contribution is -0.116. The molecule has 0 saturated carbocycles. The zero-order chi connectivity index (χ0) is 22.5. The first-order valence-corrected chi connectivity index (χ1v) is 13.0. The number of carbonyl (C=O) groups is 1. The summed E-state index contributed by atoms with van der Waals surface area (Å²) in [6, 6.07) is 16.0. The summed E-state index contributed by atoms with van der Waals surface area (Å²) in [6.07, 6.45) is 1.90. The number of benzene rings is 2. The average Bonchev–Trinajstić information content (AvgIpc) is 3.24. The Morgan fingerprint density at radius 2 is 1.84 bits per heavy atom. The van der Waals surface area contributed by atoms with Gasteiger partial charge < -0.3 is 5.32 Å². The van der Waals surface area contributed by atoms with Crippen LogP contribution in [0.4, 0.5) is 11.4 Å². The number of nitrogens with zero attached hydrogens (tertiary/aromatic N) is 1. The highest BCUT2D eigenvalue weighted by molar-refractivity contribution is 7.93. The molecular weight excluding hydrogens is 440 g/mol. The van der Waals surface area contributed by atoms with E-state index in [0.29, 0.717) is 35.4 Å². The molecule has 0 spiro atoms. The van der Waals surface area contributed by atoms with Crippen LogP contribution in [0.3, 0.4) is 0 Å². The highest BCUT2D eigenvalue weighted by Crippen LogP contribution is 2.48. The van der Waals surface area contributed by atoms with Crippen molar-refractivity contribution in [3.8, 4) is 0 Å². The third-order valence-corrected chi connectivity index (χ3v) is 8.93. The Morgan fingerprint density at radius 3 is 2.62 bits per heavy atom. The summed E-state index contributed by atoms with van der Waals surface area (Å²) >= 11 is 1.47. The monoisotopic (exact) mass is 464 g/mol. The molecule has 2 aromatic carbocycles. The molecule has 32 heavy (non-hydrogen) atoms. The van der Waals surface area contributed by atoms with E-state index in [1.54, 1.807) is 6.07 Å². The number of ketones is 1. The molecule has 1 aliphatic heterocycles. The molecule has 5 rings (SSSR count). The van der Waals surface area contributed by atoms with Crippen LogP contribution in [0.1, 0.15) is 41.3 Å². The Kier molecular flexibility index (Phi) is 5.18. The van der Waals surface area contributed by atoms with Gasteiger partial charge in [0.05, 0.1) is 16.3 Å². The number of sulfonamides is 1. The molecule has 3 aromatic rings. The molecule has 0 saturated heterocycles. The second-order valence-electron chi connectivity index (χ2n) is 8.30. The fraction of sp³-hybridized carbons (Fsp3) is 0.240. The van der Waals surface area contributed by atoms with Crippen LogP contribution in [-0.2, 0) is 14.8 Å². The summed E-state index contributed by atoms with van der Waals surface area (Å²) < 4.78 is 30.1. The maximum Gasteiger partial charge on any atom is 0.265 e. The molecule has 7 heteroatoms. The van der Waals surface area contributed by atoms with Crippen molar-refractivity contribution in [1.29, 1.82) is 0 Å². The van der Waals surface area contributed by atoms with Gasteiger partial charge in [0, 0.05) is 22.6 Å². The van der Waals surface area contributed by atoms with Crippen molar-refractivity contribution >= 4 is 38.5 Å². The zero-order valence-electron chi connectivity index (χ0n) is 18.0. The van der Waals surface area contributed by atoms with Crippen molar-refractivity contribution in [1.82, 2.24) is 0 Å². The van der Waals surface area contributed by atoms with Gasteiger partial charge in [-0.25, -0.2) is 8.42 Å². The van der Waals surface area contributed by atoms with Crippen LogP contribution < -0.4 is 9.62 Å². The number of Topliss-reactive ketones (excluding diaryl/α,β-unsaturated/α-hetero) is 1. The fourth-order valence-corrected chi connectivity index (χ4v) is 7.39. The minimum absolute atomic E-state index is 0.00567. The van der Waals surface area contributed by atoms with E-state index in [0.717, 1.165) is 22.6 Å². The normalized spacial score (nSPS) is 18.6. The number of thiophene rings is 1. The van der Waals surface area contributed by atoms with Crippen LogP contribution in [0.5, 0.6) is 0 Å². The van der Waals surface area contributed by atoms with E-state index in [1.165, 1.54) is 15.6 Å². The molecule has 1 unspecified atom stereocenters. The molecular formula is C25H24N2O3S2. The summed E-state index contributed by atoms with van der Waals surface area (Å²) in [5, 5.41) is 5.35. The van der Waals surface area contributed by atoms with E-state index in [1.807, 2.05) is 67.8 Å². The van der Waals surface area contributed by atoms with Gasteiger partial charge in [-0.15, -0.1) is 11.3 Å². The first-order chi connectivity index (χ1) is 15.4. The maximum atomic E-state index is 14.3. The number of fused-ring (bicyclic) bond motifs is 1. The Morgan fingerprint density at radius 1 is 1.03 bits per heavy atom. The number of para-hydroxylation sites is 2. The third-order valence-electron chi connectivity index (χ3n) is 6.08. The smallest absolute Gasteiger partial charge is 0.265 e. The number of hydrogen-bond acceptors (Lipinski definition) is 5. The molecule has 0 bridgehead atoms. The van der Waals surface area contributed by atoms with Crippen LogP contribution in [0, 0.1) is 13.8 Å². The fourth-order valence-electron chi connectivity index (χ4n) is 4.57. The van der Waals surface area contributed by atoms with Gasteiger partial charge in [-0.3, -0.25) is 9.10 Å². The van der Waals surface area contributed by atoms with Crippen molar-refractivity contribution in [3.05, 3.63) is 87.3 Å². The average molecular weight is 465 g/mol. The van der Waals surface area contributed by atoms with E-state index in [-0.39, 0.29) is 10.7 Å². The number of nitrogens with one attached hydrogen (secondary N) is 1. The van der Waals surface area contributed by atoms with E-state index < -0.39 is 16.1 Å². The molecule has 1 aliphatic carbocycles. The number of carbonyl (C=O) groups excluding carboxylic acids is 1. The number of hydrogen-bond donors (Lipinski definition) is 1. The molecule has 5 nitrogen and oxygen atoms in total. The van der Waals surface area contributed by atoms with Gasteiger partial charge in [0.1, 0.15) is 6.04 Å². The van der Waals surface area contributed by atoms with Crippen molar-refractivity contribution < 1.29 is 13.2 Å². The molecule has 1 atom stereocenters. The van der Waals surface area contributed by atoms with Crippen LogP contribution >= 0.6 is 11.3 Å². The van der Waals surface area contributed by atoms with Gasteiger partial charge in [-0.05, 0) is 67.5 Å². The lowest BCUT2D eigenvalue weighted by atomic mass is 9.89. The lowest BCUT2D eigenvalue weighted by Crippen LogP contribution is -2.38. The molecule has 1 aromatic heterocycles. The van der Waals surface area contributed by atoms with E-state index >= 15 is 0 Å². The molecule has 1 N–H and O–H groups in total. The standard InChI is InChI=1S/C25H24N2O3S2/c1-16-12-13-17(2)23(15-16)32(29,30)27-20-9-4-3-7-18(20)26-19-8-5-10-21(28)24(19)25(27)22-11-6-14-31-22/h3-4,6-7,9,11-15,25-26H,5,8,10H2,1-2H3. The highest BCUT2D eigenvalue weighted by Gasteiger charge is 2.43. The van der Waals surface area contributed by atoms with Crippen LogP contribution in [-0.4, -0.2) is 14.2 Å². The summed E-state index contributed by atoms with van der Waals surface area (Å²) in [4.78, 5) is 14.4. The predicted octanol–water partition coefficient (Wildman–Crippen LogP) is 5.73. The summed E-state index contributed by atoms with van der Waals surface area (Å²) in [5.41, 5.74) is 4.18. The van der Waals surface area contributed by atoms with Crippen molar-refractivity contribution in [2.75, 3.05) is 9.62 Å². The summed E-state index contributed by atoms with van der Waals surface area (Å²) in [7, 11) is -3.99. The van der Waals surface area contributed by atoms with Gasteiger partial charge in [0.25, 0.3) is 10.0 Å². The molecule has 164 valence electrons. The Labute approximate surface area is 192 Å². The Balaban J connectivity index is 1.85. The molecule has 0 radical (unpaired) electrons. The highest BCUT2D eigenvalue weighted by atomic mass is 32.2. The SMILES string of the molecule is Cc1ccc(C)c(S(=O)(=O)N2c3ccccc3NC3=C(C(=O)CCC3)C2c2cccs2)c1. The van der Waals surface area contributed by atoms with Crippen molar-refractivity contribution in [3.63, 3.8) is 0 Å². The maximum absolute atomic E-state index is 14.3. The second kappa shape index (κ2) is 7.90. The Hall–Kier alpha value is -2.90. The number of anilines is 2. The molecule has 2 aliphatic rings. The van der Waals surface area contributed by atoms with Gasteiger partial charge in [-0.1, -0.05) is 30.3 Å². The zero-order valence-corrected chi connectivity index (χ0v) is 19.6. The summed E-state index contributed by atoms with van der Waals surface area (Å²) in [6.45, 7) is 3.70. The number of allylic oxidation sites excluding steroid dienone is 1. The first kappa shape index (κ1) is 21.0. The van der Waals surface area contributed by atoms with Gasteiger partial charge in [0.2, 0.25) is 0 Å². The second-order valence-corrected chi connectivity index (χ2v) is 11.1. The van der Waals surface area contributed by atoms with Crippen molar-refractivity contribution in [2.24, 2.45) is 0 Å². The largest absolute Gasteiger partial charge is 0.357 e.